The van der Waals surface area contributed by atoms with E-state index in [1.165, 1.54) is 0 Å². The highest BCUT2D eigenvalue weighted by Crippen LogP contribution is 2.30. The van der Waals surface area contributed by atoms with Crippen LogP contribution in [0.2, 0.25) is 0 Å². The van der Waals surface area contributed by atoms with Crippen LogP contribution in [-0.2, 0) is 9.53 Å². The quantitative estimate of drug-likeness (QED) is 0.784. The number of ether oxygens (including phenoxy) is 1. The van der Waals surface area contributed by atoms with Gasteiger partial charge in [-0.2, -0.15) is 0 Å². The average Bonchev–Trinajstić information content (AvgIpc) is 2.57. The first-order chi connectivity index (χ1) is 10.8. The van der Waals surface area contributed by atoms with Gasteiger partial charge >= 0.3 is 0 Å². The third-order valence-electron chi connectivity index (χ3n) is 4.02. The molecule has 1 saturated heterocycles. The van der Waals surface area contributed by atoms with E-state index in [-0.39, 0.29) is 17.3 Å². The van der Waals surface area contributed by atoms with Crippen LogP contribution in [0.5, 0.6) is 0 Å². The number of nitrogens with zero attached hydrogens (tertiary/aromatic N) is 1. The van der Waals surface area contributed by atoms with Crippen molar-refractivity contribution in [3.05, 3.63) is 35.9 Å². The van der Waals surface area contributed by atoms with Gasteiger partial charge in [-0.25, -0.2) is 0 Å². The van der Waals surface area contributed by atoms with E-state index in [4.69, 9.17) is 10.5 Å². The van der Waals surface area contributed by atoms with Gasteiger partial charge in [-0.05, 0) is 37.6 Å². The van der Waals surface area contributed by atoms with Crippen molar-refractivity contribution < 1.29 is 9.53 Å². The van der Waals surface area contributed by atoms with Crippen LogP contribution in [0.4, 0.5) is 0 Å². The molecule has 1 aromatic rings. The molecule has 0 radical (unpaired) electrons. The number of amides is 1. The highest BCUT2D eigenvalue weighted by atomic mass is 32.2. The normalized spacial score (nSPS) is 17.5. The van der Waals surface area contributed by atoms with Crippen molar-refractivity contribution >= 4 is 17.7 Å². The van der Waals surface area contributed by atoms with Crippen molar-refractivity contribution in [2.24, 2.45) is 5.73 Å². The van der Waals surface area contributed by atoms with Gasteiger partial charge in [0.25, 0.3) is 0 Å². The number of rotatable bonds is 7. The number of likely N-dealkylation sites (tertiary alicyclic amines) is 1. The molecule has 0 bridgehead atoms. The summed E-state index contributed by atoms with van der Waals surface area (Å²) in [7, 11) is 0. The largest absolute Gasteiger partial charge is 0.378 e. The van der Waals surface area contributed by atoms with Crippen LogP contribution in [0.3, 0.4) is 0 Å². The van der Waals surface area contributed by atoms with Gasteiger partial charge < -0.3 is 15.4 Å². The van der Waals surface area contributed by atoms with Crippen LogP contribution >= 0.6 is 11.8 Å². The van der Waals surface area contributed by atoms with Crippen LogP contribution in [0.25, 0.3) is 0 Å². The summed E-state index contributed by atoms with van der Waals surface area (Å²) in [5.41, 5.74) is 6.56. The summed E-state index contributed by atoms with van der Waals surface area (Å²) < 4.78 is 5.80. The molecular formula is C17H26N2O2S. The zero-order chi connectivity index (χ0) is 15.8. The molecule has 22 heavy (non-hydrogen) atoms. The Bertz CT molecular complexity index is 447. The van der Waals surface area contributed by atoms with Crippen molar-refractivity contribution in [2.45, 2.75) is 30.6 Å². The Kier molecular flexibility index (Phi) is 7.22. The molecule has 4 nitrogen and oxygen atoms in total. The third kappa shape index (κ3) is 4.73. The molecule has 5 heteroatoms. The van der Waals surface area contributed by atoms with Crippen molar-refractivity contribution in [1.29, 1.82) is 0 Å². The van der Waals surface area contributed by atoms with Crippen molar-refractivity contribution in [3.8, 4) is 0 Å². The lowest BCUT2D eigenvalue weighted by atomic mass is 10.1. The Hall–Kier alpha value is -1.04. The van der Waals surface area contributed by atoms with E-state index >= 15 is 0 Å². The molecule has 0 saturated carbocycles. The van der Waals surface area contributed by atoms with Crippen molar-refractivity contribution in [2.75, 3.05) is 32.5 Å². The topological polar surface area (TPSA) is 55.6 Å². The molecule has 0 aromatic heterocycles. The number of carbonyl (C=O) groups excluding carboxylic acids is 1. The fourth-order valence-electron chi connectivity index (χ4n) is 2.75. The minimum absolute atomic E-state index is 0.101. The second kappa shape index (κ2) is 9.18. The Balaban J connectivity index is 1.86. The lowest BCUT2D eigenvalue weighted by Crippen LogP contribution is -2.42. The Morgan fingerprint density at radius 1 is 1.36 bits per heavy atom. The molecule has 2 rings (SSSR count). The number of nitrogens with two attached hydrogens (primary N) is 1. The summed E-state index contributed by atoms with van der Waals surface area (Å²) in [5.74, 6) is 0.221. The fourth-order valence-corrected chi connectivity index (χ4v) is 3.53. The maximum atomic E-state index is 12.7. The molecule has 1 amide bonds. The van der Waals surface area contributed by atoms with Crippen LogP contribution < -0.4 is 5.73 Å². The van der Waals surface area contributed by atoms with Gasteiger partial charge in [-0.15, -0.1) is 11.8 Å². The number of thioether (sulfide) groups is 1. The molecular weight excluding hydrogens is 296 g/mol. The van der Waals surface area contributed by atoms with Gasteiger partial charge in [0.1, 0.15) is 5.25 Å². The first-order valence-corrected chi connectivity index (χ1v) is 9.23. The van der Waals surface area contributed by atoms with E-state index in [0.717, 1.165) is 44.5 Å². The lowest BCUT2D eigenvalue weighted by molar-refractivity contribution is -0.133. The lowest BCUT2D eigenvalue weighted by Gasteiger charge is -2.34. The number of hydrogen-bond acceptors (Lipinski definition) is 4. The molecule has 1 fully saturated rings. The van der Waals surface area contributed by atoms with Crippen LogP contribution in [0, 0.1) is 0 Å². The fraction of sp³-hybridized carbons (Fsp3) is 0.588. The molecule has 1 atom stereocenters. The van der Waals surface area contributed by atoms with E-state index in [9.17, 15) is 4.79 Å². The average molecular weight is 322 g/mol. The monoisotopic (exact) mass is 322 g/mol. The first kappa shape index (κ1) is 17.3. The van der Waals surface area contributed by atoms with E-state index < -0.39 is 0 Å². The summed E-state index contributed by atoms with van der Waals surface area (Å²) in [5, 5.41) is -0.101. The molecule has 1 unspecified atom stereocenters. The van der Waals surface area contributed by atoms with E-state index in [1.807, 2.05) is 41.5 Å². The highest BCUT2D eigenvalue weighted by Gasteiger charge is 2.28. The van der Waals surface area contributed by atoms with Gasteiger partial charge in [0, 0.05) is 19.7 Å². The summed E-state index contributed by atoms with van der Waals surface area (Å²) in [4.78, 5) is 14.7. The summed E-state index contributed by atoms with van der Waals surface area (Å²) >= 11 is 1.61. The van der Waals surface area contributed by atoms with E-state index in [0.29, 0.717) is 6.54 Å². The maximum Gasteiger partial charge on any atom is 0.240 e. The summed E-state index contributed by atoms with van der Waals surface area (Å²) in [6, 6.07) is 10.0. The maximum absolute atomic E-state index is 12.7. The predicted octanol–water partition coefficient (Wildman–Crippen LogP) is 2.45. The first-order valence-electron chi connectivity index (χ1n) is 7.94. The van der Waals surface area contributed by atoms with Crippen LogP contribution in [0.15, 0.2) is 30.3 Å². The number of benzene rings is 1. The van der Waals surface area contributed by atoms with Gasteiger partial charge in [-0.3, -0.25) is 4.79 Å². The molecule has 1 aliphatic rings. The smallest absolute Gasteiger partial charge is 0.240 e. The Labute approximate surface area is 137 Å². The predicted molar refractivity (Wildman–Crippen MR) is 91.9 cm³/mol. The van der Waals surface area contributed by atoms with E-state index in [2.05, 4.69) is 0 Å². The second-order valence-corrected chi connectivity index (χ2v) is 6.51. The number of hydrogen-bond donors (Lipinski definition) is 1. The number of carbonyl (C=O) groups is 1. The molecule has 1 heterocycles. The minimum Gasteiger partial charge on any atom is -0.378 e. The van der Waals surface area contributed by atoms with Gasteiger partial charge in [0.05, 0.1) is 6.10 Å². The van der Waals surface area contributed by atoms with Gasteiger partial charge in [0.15, 0.2) is 0 Å². The zero-order valence-corrected chi connectivity index (χ0v) is 14.1. The minimum atomic E-state index is -0.101. The Morgan fingerprint density at radius 3 is 2.64 bits per heavy atom. The molecule has 0 aliphatic carbocycles. The standard InChI is InChI=1S/C17H26N2O2S/c1-22-16(14-6-3-2-4-7-14)17(20)19-11-8-15(9-12-19)21-13-5-10-18/h2-4,6-7,15-16H,5,8-13,18H2,1H3. The third-order valence-corrected chi connectivity index (χ3v) is 4.96. The van der Waals surface area contributed by atoms with Crippen LogP contribution in [0.1, 0.15) is 30.1 Å². The van der Waals surface area contributed by atoms with Crippen molar-refractivity contribution in [3.63, 3.8) is 0 Å². The molecule has 1 aliphatic heterocycles. The molecule has 1 aromatic carbocycles. The summed E-state index contributed by atoms with van der Waals surface area (Å²) in [6.07, 6.45) is 5.03. The molecule has 2 N–H and O–H groups in total. The molecule has 0 spiro atoms. The highest BCUT2D eigenvalue weighted by molar-refractivity contribution is 7.99. The van der Waals surface area contributed by atoms with Gasteiger partial charge in [-0.1, -0.05) is 30.3 Å². The van der Waals surface area contributed by atoms with Gasteiger partial charge in [0.2, 0.25) is 5.91 Å². The summed E-state index contributed by atoms with van der Waals surface area (Å²) in [6.45, 7) is 2.97. The van der Waals surface area contributed by atoms with Crippen LogP contribution in [-0.4, -0.2) is 49.4 Å². The molecule has 122 valence electrons. The van der Waals surface area contributed by atoms with Crippen molar-refractivity contribution in [1.82, 2.24) is 4.90 Å². The SMILES string of the molecule is CSC(C(=O)N1CCC(OCCCN)CC1)c1ccccc1. The Morgan fingerprint density at radius 2 is 2.05 bits per heavy atom. The van der Waals surface area contributed by atoms with E-state index in [1.54, 1.807) is 11.8 Å². The zero-order valence-electron chi connectivity index (χ0n) is 13.2. The second-order valence-electron chi connectivity index (χ2n) is 5.56. The number of piperidine rings is 1.